The molecule has 5 heteroatoms. The first kappa shape index (κ1) is 39.8. The van der Waals surface area contributed by atoms with E-state index in [0.717, 1.165) is 88.2 Å². The summed E-state index contributed by atoms with van der Waals surface area (Å²) in [7, 11) is 0. The summed E-state index contributed by atoms with van der Waals surface area (Å²) in [5.41, 5.74) is 15.2. The van der Waals surface area contributed by atoms with Crippen molar-refractivity contribution >= 4 is 76.2 Å². The molecule has 71 heavy (non-hydrogen) atoms. The van der Waals surface area contributed by atoms with Crippen LogP contribution in [0.5, 0.6) is 0 Å². The zero-order chi connectivity index (χ0) is 47.0. The zero-order valence-electron chi connectivity index (χ0n) is 38.9. The molecule has 0 amide bonds. The van der Waals surface area contributed by atoms with Crippen LogP contribution in [0.3, 0.4) is 0 Å². The number of nitrogens with zero attached hydrogens (tertiary/aromatic N) is 3. The number of furan rings is 2. The van der Waals surface area contributed by atoms with Crippen LogP contribution in [0, 0.1) is 0 Å². The lowest BCUT2D eigenvalue weighted by Gasteiger charge is -2.22. The van der Waals surface area contributed by atoms with Gasteiger partial charge < -0.3 is 8.83 Å². The Morgan fingerprint density at radius 1 is 0.282 bits per heavy atom. The van der Waals surface area contributed by atoms with Gasteiger partial charge in [-0.1, -0.05) is 178 Å². The molecule has 0 spiro atoms. The van der Waals surface area contributed by atoms with Gasteiger partial charge in [0.1, 0.15) is 22.3 Å². The second-order valence-corrected chi connectivity index (χ2v) is 19.5. The van der Waals surface area contributed by atoms with Crippen molar-refractivity contribution in [3.63, 3.8) is 0 Å². The van der Waals surface area contributed by atoms with Gasteiger partial charge in [-0.25, -0.2) is 15.0 Å². The van der Waals surface area contributed by atoms with E-state index in [9.17, 15) is 0 Å². The third-order valence-electron chi connectivity index (χ3n) is 15.1. The Labute approximate surface area is 408 Å². The first-order valence-electron chi connectivity index (χ1n) is 24.2. The second-order valence-electron chi connectivity index (χ2n) is 19.5. The molecule has 0 atom stereocenters. The molecular formula is C66H41N3O2. The number of para-hydroxylation sites is 4. The van der Waals surface area contributed by atoms with E-state index >= 15 is 0 Å². The Morgan fingerprint density at radius 3 is 1.39 bits per heavy atom. The third kappa shape index (κ3) is 5.96. The number of fused-ring (bicyclic) bond motifs is 15. The minimum Gasteiger partial charge on any atom is -0.455 e. The van der Waals surface area contributed by atoms with Crippen molar-refractivity contribution in [1.29, 1.82) is 0 Å². The van der Waals surface area contributed by atoms with Gasteiger partial charge in [-0.3, -0.25) is 0 Å². The Morgan fingerprint density at radius 2 is 0.746 bits per heavy atom. The molecule has 0 unspecified atom stereocenters. The van der Waals surface area contributed by atoms with Crippen LogP contribution in [0.15, 0.2) is 221 Å². The molecule has 0 saturated heterocycles. The van der Waals surface area contributed by atoms with E-state index in [2.05, 4.69) is 184 Å². The average molecular weight is 908 g/mol. The van der Waals surface area contributed by atoms with Gasteiger partial charge in [-0.15, -0.1) is 0 Å². The quantitative estimate of drug-likeness (QED) is 0.161. The van der Waals surface area contributed by atoms with E-state index in [0.29, 0.717) is 17.5 Å². The van der Waals surface area contributed by atoms with Crippen LogP contribution in [-0.4, -0.2) is 15.0 Å². The second kappa shape index (κ2) is 14.9. The van der Waals surface area contributed by atoms with Gasteiger partial charge in [0, 0.05) is 54.8 Å². The lowest BCUT2D eigenvalue weighted by Crippen LogP contribution is -2.14. The number of aromatic nitrogens is 3. The summed E-state index contributed by atoms with van der Waals surface area (Å²) >= 11 is 0. The molecule has 0 fully saturated rings. The van der Waals surface area contributed by atoms with Crippen molar-refractivity contribution < 1.29 is 8.83 Å². The largest absolute Gasteiger partial charge is 0.455 e. The average Bonchev–Trinajstić information content (AvgIpc) is 4.08. The molecule has 0 bridgehead atoms. The van der Waals surface area contributed by atoms with E-state index in [4.69, 9.17) is 23.8 Å². The Kier molecular flexibility index (Phi) is 8.35. The van der Waals surface area contributed by atoms with Crippen molar-refractivity contribution in [1.82, 2.24) is 15.0 Å². The first-order valence-corrected chi connectivity index (χ1v) is 24.2. The summed E-state index contributed by atoms with van der Waals surface area (Å²) in [5, 5.41) is 11.6. The van der Waals surface area contributed by atoms with Crippen LogP contribution in [-0.2, 0) is 5.41 Å². The third-order valence-corrected chi connectivity index (χ3v) is 15.1. The van der Waals surface area contributed by atoms with Gasteiger partial charge in [0.25, 0.3) is 0 Å². The van der Waals surface area contributed by atoms with Gasteiger partial charge in [0.2, 0.25) is 0 Å². The van der Waals surface area contributed by atoms with Crippen molar-refractivity contribution in [3.05, 3.63) is 223 Å². The predicted octanol–water partition coefficient (Wildman–Crippen LogP) is 17.8. The number of hydrogen-bond acceptors (Lipinski definition) is 5. The molecule has 3 heterocycles. The van der Waals surface area contributed by atoms with Gasteiger partial charge in [0.05, 0.1) is 0 Å². The number of benzene rings is 11. The molecule has 3 aromatic heterocycles. The standard InChI is InChI=1S/C66H41N3O2/c1-66(2)57-27-11-8-20-48(57)56-36-54-46-19-7-6-18-45(46)53-35-39(30-31-47(53)55(54)37-58(56)66)64-67-63(38-16-4-3-5-17-38)68-65(69-64)42-33-40(43-23-14-25-51-49-21-9-12-28-59(49)70-61(43)51)32-41(34-42)44-24-15-26-52-50-22-10-13-29-60(50)71-62(44)52/h3-37H,1-2H3. The molecule has 14 aromatic rings. The van der Waals surface area contributed by atoms with Crippen LogP contribution in [0.25, 0.3) is 144 Å². The normalized spacial score (nSPS) is 13.0. The summed E-state index contributed by atoms with van der Waals surface area (Å²) in [6.07, 6.45) is 0. The first-order chi connectivity index (χ1) is 34.9. The predicted molar refractivity (Wildman–Crippen MR) is 292 cm³/mol. The van der Waals surface area contributed by atoms with Crippen LogP contribution >= 0.6 is 0 Å². The van der Waals surface area contributed by atoms with E-state index < -0.39 is 0 Å². The summed E-state index contributed by atoms with van der Waals surface area (Å²) in [6.45, 7) is 4.70. The van der Waals surface area contributed by atoms with E-state index in [1.165, 1.54) is 49.2 Å². The fraction of sp³-hybridized carbons (Fsp3) is 0.0455. The van der Waals surface area contributed by atoms with Crippen molar-refractivity contribution in [2.45, 2.75) is 19.3 Å². The minimum absolute atomic E-state index is 0.124. The van der Waals surface area contributed by atoms with Crippen LogP contribution in [0.4, 0.5) is 0 Å². The SMILES string of the molecule is CC1(C)c2ccccc2-c2cc3c4ccccc4c4cc(-c5nc(-c6ccccc6)nc(-c6cc(-c7cccc8c7oc7ccccc78)cc(-c7cccc8c7oc7ccccc78)c6)n5)ccc4c3cc21. The van der Waals surface area contributed by atoms with Crippen LogP contribution in [0.1, 0.15) is 25.0 Å². The number of rotatable bonds is 5. The van der Waals surface area contributed by atoms with E-state index in [1.807, 2.05) is 42.5 Å². The molecule has 0 radical (unpaired) electrons. The highest BCUT2D eigenvalue weighted by Crippen LogP contribution is 2.52. The molecule has 15 rings (SSSR count). The lowest BCUT2D eigenvalue weighted by atomic mass is 9.81. The summed E-state index contributed by atoms with van der Waals surface area (Å²) < 4.78 is 13.3. The lowest BCUT2D eigenvalue weighted by molar-refractivity contribution is 0.661. The maximum absolute atomic E-state index is 6.67. The van der Waals surface area contributed by atoms with Crippen molar-refractivity contribution in [2.24, 2.45) is 0 Å². The molecule has 5 nitrogen and oxygen atoms in total. The van der Waals surface area contributed by atoms with Crippen LogP contribution < -0.4 is 0 Å². The molecule has 11 aromatic carbocycles. The molecule has 0 N–H and O–H groups in total. The molecule has 332 valence electrons. The van der Waals surface area contributed by atoms with Crippen molar-refractivity contribution in [3.8, 4) is 67.5 Å². The fourth-order valence-electron chi connectivity index (χ4n) is 11.7. The smallest absolute Gasteiger partial charge is 0.164 e. The summed E-state index contributed by atoms with van der Waals surface area (Å²) in [4.78, 5) is 16.0. The van der Waals surface area contributed by atoms with E-state index in [-0.39, 0.29) is 5.41 Å². The highest BCUT2D eigenvalue weighted by molar-refractivity contribution is 6.26. The Hall–Kier alpha value is -9.19. The maximum Gasteiger partial charge on any atom is 0.164 e. The van der Waals surface area contributed by atoms with E-state index in [1.54, 1.807) is 0 Å². The van der Waals surface area contributed by atoms with Gasteiger partial charge in [0.15, 0.2) is 17.5 Å². The fourth-order valence-corrected chi connectivity index (χ4v) is 11.7. The van der Waals surface area contributed by atoms with Crippen molar-refractivity contribution in [2.75, 3.05) is 0 Å². The maximum atomic E-state index is 6.67. The number of hydrogen-bond donors (Lipinski definition) is 0. The zero-order valence-corrected chi connectivity index (χ0v) is 38.9. The topological polar surface area (TPSA) is 65.0 Å². The molecular weight excluding hydrogens is 867 g/mol. The van der Waals surface area contributed by atoms with Crippen LogP contribution in [0.2, 0.25) is 0 Å². The highest BCUT2D eigenvalue weighted by Gasteiger charge is 2.36. The molecule has 0 aliphatic heterocycles. The Balaban J connectivity index is 0.969. The monoisotopic (exact) mass is 907 g/mol. The summed E-state index contributed by atoms with van der Waals surface area (Å²) in [5.74, 6) is 1.75. The molecule has 1 aliphatic rings. The minimum atomic E-state index is -0.124. The molecule has 1 aliphatic carbocycles. The highest BCUT2D eigenvalue weighted by atomic mass is 16.3. The Bertz CT molecular complexity index is 4430. The molecule has 0 saturated carbocycles. The summed E-state index contributed by atoms with van der Waals surface area (Å²) in [6, 6.07) is 75.4. The van der Waals surface area contributed by atoms with Gasteiger partial charge in [-0.05, 0) is 114 Å². The van der Waals surface area contributed by atoms with Gasteiger partial charge >= 0.3 is 0 Å². The van der Waals surface area contributed by atoms with Gasteiger partial charge in [-0.2, -0.15) is 0 Å².